The molecule has 1 atom stereocenters. The van der Waals surface area contributed by atoms with Gasteiger partial charge < -0.3 is 0 Å². The number of likely N-dealkylation sites (N-methyl/N-ethyl adjacent to an activating group) is 1. The van der Waals surface area contributed by atoms with Gasteiger partial charge in [0.25, 0.3) is 0 Å². The summed E-state index contributed by atoms with van der Waals surface area (Å²) >= 11 is 3.39. The number of hydrogen-bond acceptors (Lipinski definition) is 3. The molecule has 0 spiro atoms. The van der Waals surface area contributed by atoms with Gasteiger partial charge in [0.15, 0.2) is 0 Å². The molecule has 0 heterocycles. The normalized spacial score (nSPS) is 13.8. The van der Waals surface area contributed by atoms with E-state index in [2.05, 4.69) is 54.0 Å². The molecule has 0 aliphatic carbocycles. The lowest BCUT2D eigenvalue weighted by atomic mass is 9.87. The molecule has 114 valence electrons. The third-order valence-corrected chi connectivity index (χ3v) is 4.56. The zero-order chi connectivity index (χ0) is 15.3. The lowest BCUT2D eigenvalue weighted by molar-refractivity contribution is 0.0909. The van der Waals surface area contributed by atoms with E-state index in [0.717, 1.165) is 17.6 Å². The summed E-state index contributed by atoms with van der Waals surface area (Å²) < 4.78 is 14.8. The molecule has 0 saturated carbocycles. The van der Waals surface area contributed by atoms with Gasteiger partial charge in [0.2, 0.25) is 0 Å². The van der Waals surface area contributed by atoms with Crippen molar-refractivity contribution in [1.82, 2.24) is 10.3 Å². The van der Waals surface area contributed by atoms with Crippen molar-refractivity contribution in [3.05, 3.63) is 34.1 Å². The van der Waals surface area contributed by atoms with E-state index in [1.54, 1.807) is 6.07 Å². The Morgan fingerprint density at radius 2 is 1.95 bits per heavy atom. The lowest BCUT2D eigenvalue weighted by Crippen LogP contribution is -2.60. The summed E-state index contributed by atoms with van der Waals surface area (Å²) in [5.41, 5.74) is 3.37. The first-order valence-electron chi connectivity index (χ1n) is 7.01. The second-order valence-corrected chi connectivity index (χ2v) is 6.40. The Kier molecular flexibility index (Phi) is 6.58. The quantitative estimate of drug-likeness (QED) is 0.589. The zero-order valence-corrected chi connectivity index (χ0v) is 14.3. The second kappa shape index (κ2) is 7.50. The van der Waals surface area contributed by atoms with Gasteiger partial charge in [-0.05, 0) is 57.1 Å². The summed E-state index contributed by atoms with van der Waals surface area (Å²) in [7, 11) is 0. The molecule has 5 heteroatoms. The SMILES string of the molecule is CCN(CC)C(C)(C)C(Cc1cc(Br)ccc1F)NN. The summed E-state index contributed by atoms with van der Waals surface area (Å²) in [6, 6.07) is 4.97. The molecule has 0 radical (unpaired) electrons. The van der Waals surface area contributed by atoms with Gasteiger partial charge >= 0.3 is 0 Å². The number of hydrogen-bond donors (Lipinski definition) is 2. The first-order valence-corrected chi connectivity index (χ1v) is 7.81. The van der Waals surface area contributed by atoms with Crippen molar-refractivity contribution in [3.63, 3.8) is 0 Å². The van der Waals surface area contributed by atoms with E-state index in [1.807, 2.05) is 6.07 Å². The Morgan fingerprint density at radius 3 is 2.45 bits per heavy atom. The van der Waals surface area contributed by atoms with Crippen LogP contribution in [0.15, 0.2) is 22.7 Å². The molecule has 0 bridgehead atoms. The van der Waals surface area contributed by atoms with E-state index in [9.17, 15) is 4.39 Å². The number of rotatable bonds is 7. The number of halogens is 2. The molecule has 3 nitrogen and oxygen atoms in total. The number of hydrazine groups is 1. The molecule has 0 amide bonds. The summed E-state index contributed by atoms with van der Waals surface area (Å²) in [5, 5.41) is 0. The molecule has 1 unspecified atom stereocenters. The topological polar surface area (TPSA) is 41.3 Å². The molecular formula is C15H25BrFN3. The van der Waals surface area contributed by atoms with Crippen LogP contribution in [0.25, 0.3) is 0 Å². The minimum atomic E-state index is -0.191. The fourth-order valence-electron chi connectivity index (χ4n) is 2.69. The second-order valence-electron chi connectivity index (χ2n) is 5.49. The van der Waals surface area contributed by atoms with Crippen LogP contribution in [0.3, 0.4) is 0 Å². The van der Waals surface area contributed by atoms with Crippen molar-refractivity contribution in [1.29, 1.82) is 0 Å². The number of benzene rings is 1. The first kappa shape index (κ1) is 17.6. The maximum Gasteiger partial charge on any atom is 0.126 e. The van der Waals surface area contributed by atoms with Crippen molar-refractivity contribution in [2.45, 2.75) is 45.7 Å². The van der Waals surface area contributed by atoms with Crippen LogP contribution in [-0.2, 0) is 6.42 Å². The van der Waals surface area contributed by atoms with Crippen LogP contribution >= 0.6 is 15.9 Å². The van der Waals surface area contributed by atoms with E-state index in [4.69, 9.17) is 5.84 Å². The molecular weight excluding hydrogens is 321 g/mol. The molecule has 3 N–H and O–H groups in total. The van der Waals surface area contributed by atoms with Crippen LogP contribution in [-0.4, -0.2) is 29.6 Å². The van der Waals surface area contributed by atoms with Crippen molar-refractivity contribution < 1.29 is 4.39 Å². The van der Waals surface area contributed by atoms with E-state index >= 15 is 0 Å². The molecule has 0 aliphatic rings. The molecule has 1 rings (SSSR count). The number of nitrogens with two attached hydrogens (primary N) is 1. The fourth-order valence-corrected chi connectivity index (χ4v) is 3.10. The Morgan fingerprint density at radius 1 is 1.35 bits per heavy atom. The zero-order valence-electron chi connectivity index (χ0n) is 12.7. The van der Waals surface area contributed by atoms with Gasteiger partial charge in [0, 0.05) is 16.1 Å². The van der Waals surface area contributed by atoms with E-state index in [-0.39, 0.29) is 17.4 Å². The predicted molar refractivity (Wildman–Crippen MR) is 85.9 cm³/mol. The predicted octanol–water partition coefficient (Wildman–Crippen LogP) is 3.08. The van der Waals surface area contributed by atoms with E-state index in [1.165, 1.54) is 6.07 Å². The number of nitrogens with zero attached hydrogens (tertiary/aromatic N) is 1. The van der Waals surface area contributed by atoms with E-state index < -0.39 is 0 Å². The van der Waals surface area contributed by atoms with Crippen LogP contribution in [0.4, 0.5) is 4.39 Å². The standard InChI is InChI=1S/C15H25BrFN3/c1-5-20(6-2)15(3,4)14(19-18)10-11-9-12(16)7-8-13(11)17/h7-9,14,19H,5-6,10,18H2,1-4H3. The molecule has 0 aliphatic heterocycles. The Balaban J connectivity index is 2.99. The fraction of sp³-hybridized carbons (Fsp3) is 0.600. The van der Waals surface area contributed by atoms with Crippen LogP contribution in [0, 0.1) is 5.82 Å². The minimum Gasteiger partial charge on any atom is -0.297 e. The molecule has 0 saturated heterocycles. The average molecular weight is 346 g/mol. The van der Waals surface area contributed by atoms with Crippen molar-refractivity contribution >= 4 is 15.9 Å². The van der Waals surface area contributed by atoms with Crippen molar-refractivity contribution in [3.8, 4) is 0 Å². The third kappa shape index (κ3) is 4.01. The monoisotopic (exact) mass is 345 g/mol. The largest absolute Gasteiger partial charge is 0.297 e. The maximum absolute atomic E-state index is 13.9. The Bertz CT molecular complexity index is 433. The summed E-state index contributed by atoms with van der Waals surface area (Å²) in [4.78, 5) is 2.33. The highest BCUT2D eigenvalue weighted by molar-refractivity contribution is 9.10. The van der Waals surface area contributed by atoms with Gasteiger partial charge in [-0.3, -0.25) is 16.2 Å². The summed E-state index contributed by atoms with van der Waals surface area (Å²) in [6.07, 6.45) is 0.547. The summed E-state index contributed by atoms with van der Waals surface area (Å²) in [5.74, 6) is 5.54. The molecule has 1 aromatic carbocycles. The van der Waals surface area contributed by atoms with Gasteiger partial charge in [0.05, 0.1) is 0 Å². The number of nitrogens with one attached hydrogen (secondary N) is 1. The van der Waals surface area contributed by atoms with Crippen LogP contribution in [0.5, 0.6) is 0 Å². The first-order chi connectivity index (χ1) is 9.36. The van der Waals surface area contributed by atoms with Gasteiger partial charge in [-0.1, -0.05) is 29.8 Å². The van der Waals surface area contributed by atoms with Crippen LogP contribution in [0.1, 0.15) is 33.3 Å². The van der Waals surface area contributed by atoms with Crippen molar-refractivity contribution in [2.75, 3.05) is 13.1 Å². The molecule has 0 fully saturated rings. The Labute approximate surface area is 129 Å². The third-order valence-electron chi connectivity index (χ3n) is 4.06. The maximum atomic E-state index is 13.9. The highest BCUT2D eigenvalue weighted by Gasteiger charge is 2.33. The minimum absolute atomic E-state index is 0.0359. The smallest absolute Gasteiger partial charge is 0.126 e. The van der Waals surface area contributed by atoms with Gasteiger partial charge in [-0.15, -0.1) is 0 Å². The van der Waals surface area contributed by atoms with Gasteiger partial charge in [-0.25, -0.2) is 4.39 Å². The lowest BCUT2D eigenvalue weighted by Gasteiger charge is -2.43. The molecule has 20 heavy (non-hydrogen) atoms. The highest BCUT2D eigenvalue weighted by atomic mass is 79.9. The average Bonchev–Trinajstić information content (AvgIpc) is 2.40. The molecule has 1 aromatic rings. The Hall–Kier alpha value is -0.490. The van der Waals surface area contributed by atoms with E-state index in [0.29, 0.717) is 12.0 Å². The van der Waals surface area contributed by atoms with Gasteiger partial charge in [0.1, 0.15) is 5.82 Å². The van der Waals surface area contributed by atoms with Crippen LogP contribution in [0.2, 0.25) is 0 Å². The van der Waals surface area contributed by atoms with Crippen molar-refractivity contribution in [2.24, 2.45) is 5.84 Å². The highest BCUT2D eigenvalue weighted by Crippen LogP contribution is 2.24. The van der Waals surface area contributed by atoms with Gasteiger partial charge in [-0.2, -0.15) is 0 Å². The van der Waals surface area contributed by atoms with Crippen LogP contribution < -0.4 is 11.3 Å². The summed E-state index contributed by atoms with van der Waals surface area (Å²) in [6.45, 7) is 10.4. The molecule has 0 aromatic heterocycles.